The van der Waals surface area contributed by atoms with Crippen LogP contribution in [0.2, 0.25) is 0 Å². The molecule has 3 rings (SSSR count). The molecule has 1 saturated heterocycles. The second-order valence-electron chi connectivity index (χ2n) is 7.16. The fourth-order valence-electron chi connectivity index (χ4n) is 3.16. The van der Waals surface area contributed by atoms with Crippen LogP contribution in [0.25, 0.3) is 17.6 Å². The molecular formula is C19H21F6N5O. The van der Waals surface area contributed by atoms with E-state index in [1.54, 1.807) is 0 Å². The fourth-order valence-corrected chi connectivity index (χ4v) is 3.16. The quantitative estimate of drug-likeness (QED) is 0.530. The lowest BCUT2D eigenvalue weighted by atomic mass is 10.0. The van der Waals surface area contributed by atoms with E-state index < -0.39 is 35.3 Å². The van der Waals surface area contributed by atoms with Gasteiger partial charge in [0.25, 0.3) is 0 Å². The summed E-state index contributed by atoms with van der Waals surface area (Å²) in [6.45, 7) is 1.57. The molecule has 1 atom stereocenters. The lowest BCUT2D eigenvalue weighted by Gasteiger charge is -2.23. The predicted octanol–water partition coefficient (Wildman–Crippen LogP) is 4.15. The molecule has 2 heterocycles. The van der Waals surface area contributed by atoms with Gasteiger partial charge in [-0.15, -0.1) is 5.10 Å². The number of nitrogens with one attached hydrogen (secondary N) is 1. The van der Waals surface area contributed by atoms with E-state index in [0.29, 0.717) is 12.1 Å². The Hall–Kier alpha value is -2.44. The van der Waals surface area contributed by atoms with Gasteiger partial charge in [0.1, 0.15) is 12.6 Å². The van der Waals surface area contributed by atoms with Gasteiger partial charge in [0, 0.05) is 24.9 Å². The minimum Gasteiger partial charge on any atom is -0.374 e. The number of nitrogens with zero attached hydrogens (tertiary/aromatic N) is 4. The number of hydrogen-bond donors (Lipinski definition) is 2. The normalized spacial score (nSPS) is 17.8. The summed E-state index contributed by atoms with van der Waals surface area (Å²) < 4.78 is 79.2. The minimum atomic E-state index is -4.96. The molecule has 0 spiro atoms. The molecule has 0 saturated carbocycles. The summed E-state index contributed by atoms with van der Waals surface area (Å²) in [7, 11) is 0. The minimum absolute atomic E-state index is 0.0469. The largest absolute Gasteiger partial charge is 0.416 e. The molecule has 1 unspecified atom stereocenters. The maximum atomic E-state index is 13.0. The highest BCUT2D eigenvalue weighted by Crippen LogP contribution is 2.38. The number of hydrazine groups is 1. The zero-order valence-electron chi connectivity index (χ0n) is 16.3. The molecule has 1 aliphatic rings. The Morgan fingerprint density at radius 3 is 2.06 bits per heavy atom. The van der Waals surface area contributed by atoms with Crippen LogP contribution in [0.1, 0.15) is 36.8 Å². The molecule has 12 heteroatoms. The van der Waals surface area contributed by atoms with Crippen molar-refractivity contribution in [3.05, 3.63) is 41.7 Å². The molecule has 1 aromatic heterocycles. The molecule has 0 aliphatic carbocycles. The van der Waals surface area contributed by atoms with Gasteiger partial charge in [0.2, 0.25) is 0 Å². The summed E-state index contributed by atoms with van der Waals surface area (Å²) in [6, 6.07) is 1.17. The van der Waals surface area contributed by atoms with Gasteiger partial charge >= 0.3 is 12.4 Å². The van der Waals surface area contributed by atoms with Crippen LogP contribution in [0.3, 0.4) is 0 Å². The third kappa shape index (κ3) is 6.52. The van der Waals surface area contributed by atoms with E-state index in [2.05, 4.69) is 15.5 Å². The van der Waals surface area contributed by atoms with E-state index in [1.807, 2.05) is 5.01 Å². The standard InChI is InChI=1S/C19H21F6N5O/c20-18(21,22)14-9-13(10-15(11-14)19(23,24)25)17-26-12-30(28-17)8-5-16(31)27-29-6-3-1-2-4-7-29/h5,8-12,16,27,31H,1-4,6-7H2/b8-5-. The molecule has 6 nitrogen and oxygen atoms in total. The Bertz CT molecular complexity index is 868. The maximum absolute atomic E-state index is 13.0. The second-order valence-corrected chi connectivity index (χ2v) is 7.16. The van der Waals surface area contributed by atoms with Crippen molar-refractivity contribution >= 4 is 6.20 Å². The molecule has 1 fully saturated rings. The van der Waals surface area contributed by atoms with Crippen LogP contribution in [-0.2, 0) is 12.4 Å². The van der Waals surface area contributed by atoms with E-state index in [0.717, 1.165) is 49.8 Å². The number of benzene rings is 1. The van der Waals surface area contributed by atoms with Crippen LogP contribution in [0.5, 0.6) is 0 Å². The predicted molar refractivity (Wildman–Crippen MR) is 100.0 cm³/mol. The first kappa shape index (κ1) is 23.2. The lowest BCUT2D eigenvalue weighted by Crippen LogP contribution is -2.44. The van der Waals surface area contributed by atoms with Crippen molar-refractivity contribution in [2.24, 2.45) is 0 Å². The Labute approximate surface area is 174 Å². The number of aliphatic hydroxyl groups is 1. The van der Waals surface area contributed by atoms with Gasteiger partial charge in [-0.05, 0) is 37.1 Å². The first-order valence-electron chi connectivity index (χ1n) is 9.61. The average Bonchev–Trinajstić information content (AvgIpc) is 3.02. The van der Waals surface area contributed by atoms with Crippen LogP contribution < -0.4 is 5.43 Å². The number of aliphatic hydroxyl groups excluding tert-OH is 1. The van der Waals surface area contributed by atoms with Gasteiger partial charge in [0.05, 0.1) is 11.1 Å². The van der Waals surface area contributed by atoms with Gasteiger partial charge in [-0.2, -0.15) is 26.3 Å². The van der Waals surface area contributed by atoms with E-state index in [9.17, 15) is 31.4 Å². The van der Waals surface area contributed by atoms with Gasteiger partial charge in [0.15, 0.2) is 5.82 Å². The Balaban J connectivity index is 1.76. The highest BCUT2D eigenvalue weighted by Gasteiger charge is 2.37. The summed E-state index contributed by atoms with van der Waals surface area (Å²) in [5.41, 5.74) is -0.399. The summed E-state index contributed by atoms with van der Waals surface area (Å²) in [5, 5.41) is 15.9. The Morgan fingerprint density at radius 1 is 0.935 bits per heavy atom. The Kier molecular flexibility index (Phi) is 7.02. The van der Waals surface area contributed by atoms with Gasteiger partial charge in [-0.3, -0.25) is 0 Å². The SMILES string of the molecule is OC(/C=C\n1cnc(-c2cc(C(F)(F)F)cc(C(F)(F)F)c2)n1)NN1CCCCCC1. The zero-order valence-corrected chi connectivity index (χ0v) is 16.3. The van der Waals surface area contributed by atoms with Crippen molar-refractivity contribution in [1.82, 2.24) is 25.2 Å². The maximum Gasteiger partial charge on any atom is 0.416 e. The van der Waals surface area contributed by atoms with Crippen molar-refractivity contribution in [1.29, 1.82) is 0 Å². The van der Waals surface area contributed by atoms with Crippen LogP contribution in [0, 0.1) is 0 Å². The van der Waals surface area contributed by atoms with E-state index >= 15 is 0 Å². The number of halogens is 6. The summed E-state index contributed by atoms with van der Waals surface area (Å²) >= 11 is 0. The number of hydrogen-bond acceptors (Lipinski definition) is 5. The summed E-state index contributed by atoms with van der Waals surface area (Å²) in [6.07, 6.45) is -2.92. The van der Waals surface area contributed by atoms with Crippen molar-refractivity contribution < 1.29 is 31.4 Å². The van der Waals surface area contributed by atoms with Crippen molar-refractivity contribution in [3.63, 3.8) is 0 Å². The molecular weight excluding hydrogens is 428 g/mol. The van der Waals surface area contributed by atoms with Crippen molar-refractivity contribution in [2.75, 3.05) is 13.1 Å². The first-order valence-corrected chi connectivity index (χ1v) is 9.61. The van der Waals surface area contributed by atoms with Crippen LogP contribution in [0.4, 0.5) is 26.3 Å². The van der Waals surface area contributed by atoms with Crippen LogP contribution in [0.15, 0.2) is 30.6 Å². The lowest BCUT2D eigenvalue weighted by molar-refractivity contribution is -0.143. The molecule has 31 heavy (non-hydrogen) atoms. The fraction of sp³-hybridized carbons (Fsp3) is 0.474. The molecule has 2 N–H and O–H groups in total. The van der Waals surface area contributed by atoms with Gasteiger partial charge in [-0.1, -0.05) is 12.8 Å². The van der Waals surface area contributed by atoms with E-state index in [-0.39, 0.29) is 11.9 Å². The topological polar surface area (TPSA) is 66.2 Å². The number of alkyl halides is 6. The van der Waals surface area contributed by atoms with E-state index in [1.165, 1.54) is 12.3 Å². The van der Waals surface area contributed by atoms with Crippen LogP contribution in [-0.4, -0.2) is 44.2 Å². The monoisotopic (exact) mass is 449 g/mol. The highest BCUT2D eigenvalue weighted by atomic mass is 19.4. The van der Waals surface area contributed by atoms with E-state index in [4.69, 9.17) is 0 Å². The molecule has 2 aromatic rings. The summed E-state index contributed by atoms with van der Waals surface area (Å²) in [5.74, 6) is -0.309. The van der Waals surface area contributed by atoms with Crippen molar-refractivity contribution in [3.8, 4) is 11.4 Å². The third-order valence-corrected chi connectivity index (χ3v) is 4.70. The molecule has 0 amide bonds. The zero-order chi connectivity index (χ0) is 22.6. The smallest absolute Gasteiger partial charge is 0.374 e. The van der Waals surface area contributed by atoms with Gasteiger partial charge < -0.3 is 5.11 Å². The molecule has 170 valence electrons. The number of aromatic nitrogens is 3. The van der Waals surface area contributed by atoms with Crippen LogP contribution >= 0.6 is 0 Å². The second kappa shape index (κ2) is 9.37. The molecule has 1 aliphatic heterocycles. The average molecular weight is 449 g/mol. The summed E-state index contributed by atoms with van der Waals surface area (Å²) in [4.78, 5) is 3.79. The molecule has 1 aromatic carbocycles. The van der Waals surface area contributed by atoms with Gasteiger partial charge in [-0.25, -0.2) is 20.1 Å². The highest BCUT2D eigenvalue weighted by molar-refractivity contribution is 5.58. The third-order valence-electron chi connectivity index (χ3n) is 4.70. The Morgan fingerprint density at radius 2 is 1.52 bits per heavy atom. The first-order chi connectivity index (χ1) is 14.5. The van der Waals surface area contributed by atoms with Crippen molar-refractivity contribution in [2.45, 2.75) is 44.3 Å². The number of rotatable bonds is 5. The molecule has 0 radical (unpaired) electrons. The molecule has 0 bridgehead atoms.